The van der Waals surface area contributed by atoms with Gasteiger partial charge in [-0.25, -0.2) is 9.79 Å². The van der Waals surface area contributed by atoms with Gasteiger partial charge >= 0.3 is 5.97 Å². The van der Waals surface area contributed by atoms with E-state index >= 15 is 0 Å². The van der Waals surface area contributed by atoms with Crippen LogP contribution >= 0.6 is 22.9 Å². The Bertz CT molecular complexity index is 1910. The fraction of sp³-hybridized carbons (Fsp3) is 0.161. The number of benzene rings is 3. The molecule has 6 rings (SSSR count). The van der Waals surface area contributed by atoms with Gasteiger partial charge in [-0.3, -0.25) is 14.2 Å². The first-order valence-electron chi connectivity index (χ1n) is 13.1. The highest BCUT2D eigenvalue weighted by Crippen LogP contribution is 2.36. The van der Waals surface area contributed by atoms with Gasteiger partial charge in [-0.05, 0) is 49.7 Å². The van der Waals surface area contributed by atoms with Gasteiger partial charge in [-0.15, -0.1) is 0 Å². The van der Waals surface area contributed by atoms with E-state index in [-0.39, 0.29) is 22.3 Å². The van der Waals surface area contributed by atoms with E-state index < -0.39 is 23.5 Å². The van der Waals surface area contributed by atoms with Gasteiger partial charge in [0.15, 0.2) is 4.80 Å². The first-order chi connectivity index (χ1) is 19.9. The molecule has 1 N–H and O–H groups in total. The number of esters is 1. The number of nitrogens with zero attached hydrogens (tertiary/aromatic N) is 2. The van der Waals surface area contributed by atoms with Crippen LogP contribution in [0.1, 0.15) is 36.6 Å². The quantitative estimate of drug-likeness (QED) is 0.340. The number of halogens is 1. The van der Waals surface area contributed by atoms with Gasteiger partial charge in [0.1, 0.15) is 10.3 Å². The third-order valence-corrected chi connectivity index (χ3v) is 8.10. The first-order valence-corrected chi connectivity index (χ1v) is 14.3. The van der Waals surface area contributed by atoms with Gasteiger partial charge < -0.3 is 14.8 Å². The molecule has 4 aromatic rings. The number of amides is 1. The molecule has 0 radical (unpaired) electrons. The van der Waals surface area contributed by atoms with Crippen LogP contribution in [0.25, 0.3) is 11.3 Å². The summed E-state index contributed by atoms with van der Waals surface area (Å²) in [6.45, 7) is 4.26. The van der Waals surface area contributed by atoms with Crippen molar-refractivity contribution in [1.82, 2.24) is 4.57 Å². The SMILES string of the molecule is CCOC(=O)C1=C(c2ccccc2)N=c2s/c(=C3/C(=O)Nc4ccc(Cl)cc43)c(=O)n2[C@@H]1c1ccc(OCC)cc1. The molecule has 0 fully saturated rings. The molecule has 0 saturated heterocycles. The molecule has 3 heterocycles. The fourth-order valence-corrected chi connectivity index (χ4v) is 6.35. The zero-order chi connectivity index (χ0) is 28.7. The predicted octanol–water partition coefficient (Wildman–Crippen LogP) is 4.31. The standard InChI is InChI=1S/C31H24ClN3O5S/c1-3-39-20-13-10-18(11-14-20)26-24(30(38)40-4-2)25(17-8-6-5-7-9-17)34-31-35(26)29(37)27(41-31)23-21-16-19(32)12-15-22(21)33-28(23)36/h5-16,26H,3-4H2,1-2H3,(H,33,36)/b27-23+/t26-/m1/s1. The lowest BCUT2D eigenvalue weighted by Crippen LogP contribution is -2.40. The number of rotatable bonds is 6. The molecule has 0 aliphatic carbocycles. The molecule has 1 atom stereocenters. The minimum absolute atomic E-state index is 0.146. The minimum Gasteiger partial charge on any atom is -0.494 e. The molecule has 1 amide bonds. The maximum atomic E-state index is 14.2. The largest absolute Gasteiger partial charge is 0.494 e. The summed E-state index contributed by atoms with van der Waals surface area (Å²) in [5.74, 6) is -0.326. The number of anilines is 1. The van der Waals surface area contributed by atoms with Crippen molar-refractivity contribution in [2.75, 3.05) is 18.5 Å². The Morgan fingerprint density at radius 1 is 1.02 bits per heavy atom. The van der Waals surface area contributed by atoms with Gasteiger partial charge in [0, 0.05) is 21.8 Å². The number of carbonyl (C=O) groups excluding carboxylic acids is 2. The van der Waals surface area contributed by atoms with Crippen molar-refractivity contribution in [2.24, 2.45) is 4.99 Å². The van der Waals surface area contributed by atoms with Crippen molar-refractivity contribution < 1.29 is 19.1 Å². The van der Waals surface area contributed by atoms with Gasteiger partial charge in [-0.2, -0.15) is 0 Å². The van der Waals surface area contributed by atoms with Crippen LogP contribution in [0.3, 0.4) is 0 Å². The lowest BCUT2D eigenvalue weighted by atomic mass is 9.93. The monoisotopic (exact) mass is 585 g/mol. The van der Waals surface area contributed by atoms with Crippen LogP contribution in [0.15, 0.2) is 88.2 Å². The maximum Gasteiger partial charge on any atom is 0.338 e. The molecule has 41 heavy (non-hydrogen) atoms. The van der Waals surface area contributed by atoms with Crippen LogP contribution in [0.2, 0.25) is 5.02 Å². The van der Waals surface area contributed by atoms with Crippen LogP contribution in [0.4, 0.5) is 5.69 Å². The van der Waals surface area contributed by atoms with Crippen LogP contribution in [0.5, 0.6) is 5.75 Å². The van der Waals surface area contributed by atoms with Crippen LogP contribution in [-0.2, 0) is 14.3 Å². The Labute approximate surface area is 243 Å². The molecule has 0 saturated carbocycles. The number of thiazole rings is 1. The van der Waals surface area contributed by atoms with E-state index in [0.29, 0.717) is 50.3 Å². The maximum absolute atomic E-state index is 14.2. The van der Waals surface area contributed by atoms with Gasteiger partial charge in [0.2, 0.25) is 0 Å². The molecule has 2 aliphatic rings. The number of carbonyl (C=O) groups is 2. The lowest BCUT2D eigenvalue weighted by Gasteiger charge is -2.26. The number of hydrogen-bond donors (Lipinski definition) is 1. The summed E-state index contributed by atoms with van der Waals surface area (Å²) in [5, 5.41) is 3.25. The third-order valence-electron chi connectivity index (χ3n) is 6.81. The highest BCUT2D eigenvalue weighted by molar-refractivity contribution is 7.07. The Morgan fingerprint density at radius 2 is 1.78 bits per heavy atom. The number of fused-ring (bicyclic) bond motifs is 2. The highest BCUT2D eigenvalue weighted by atomic mass is 35.5. The van der Waals surface area contributed by atoms with Crippen molar-refractivity contribution >= 4 is 51.8 Å². The lowest BCUT2D eigenvalue weighted by molar-refractivity contribution is -0.138. The predicted molar refractivity (Wildman–Crippen MR) is 158 cm³/mol. The molecule has 0 unspecified atom stereocenters. The second kappa shape index (κ2) is 10.8. The second-order valence-corrected chi connectivity index (χ2v) is 10.7. The molecule has 3 aromatic carbocycles. The number of hydrogen-bond acceptors (Lipinski definition) is 7. The summed E-state index contributed by atoms with van der Waals surface area (Å²) < 4.78 is 12.8. The zero-order valence-corrected chi connectivity index (χ0v) is 23.7. The molecule has 8 nitrogen and oxygen atoms in total. The Hall–Kier alpha value is -4.47. The molecular formula is C31H24ClN3O5S. The molecule has 10 heteroatoms. The summed E-state index contributed by atoms with van der Waals surface area (Å²) in [6, 6.07) is 20.7. The first kappa shape index (κ1) is 26.7. The van der Waals surface area contributed by atoms with Crippen LogP contribution in [-0.4, -0.2) is 29.7 Å². The molecule has 1 aromatic heterocycles. The zero-order valence-electron chi connectivity index (χ0n) is 22.1. The summed E-state index contributed by atoms with van der Waals surface area (Å²) in [7, 11) is 0. The molecule has 0 spiro atoms. The minimum atomic E-state index is -0.867. The smallest absolute Gasteiger partial charge is 0.338 e. The summed E-state index contributed by atoms with van der Waals surface area (Å²) in [4.78, 5) is 46.2. The molecule has 206 valence electrons. The van der Waals surface area contributed by atoms with Crippen molar-refractivity contribution in [1.29, 1.82) is 0 Å². The molecule has 2 aliphatic heterocycles. The van der Waals surface area contributed by atoms with E-state index in [1.165, 1.54) is 4.57 Å². The average molecular weight is 586 g/mol. The number of aromatic nitrogens is 1. The van der Waals surface area contributed by atoms with E-state index in [1.54, 1.807) is 37.3 Å². The van der Waals surface area contributed by atoms with Crippen LogP contribution < -0.4 is 24.9 Å². The van der Waals surface area contributed by atoms with E-state index in [0.717, 1.165) is 11.3 Å². The summed E-state index contributed by atoms with van der Waals surface area (Å²) in [5.41, 5.74) is 2.88. The third kappa shape index (κ3) is 4.67. The number of nitrogens with one attached hydrogen (secondary N) is 1. The van der Waals surface area contributed by atoms with Gasteiger partial charge in [0.25, 0.3) is 11.5 Å². The van der Waals surface area contributed by atoms with Crippen LogP contribution in [0, 0.1) is 0 Å². The van der Waals surface area contributed by atoms with Gasteiger partial charge in [-0.1, -0.05) is 65.4 Å². The van der Waals surface area contributed by atoms with E-state index in [4.69, 9.17) is 26.1 Å². The number of ether oxygens (including phenoxy) is 2. The second-order valence-electron chi connectivity index (χ2n) is 9.27. The topological polar surface area (TPSA) is 99.0 Å². The Balaban J connectivity index is 1.69. The highest BCUT2D eigenvalue weighted by Gasteiger charge is 2.36. The summed E-state index contributed by atoms with van der Waals surface area (Å²) >= 11 is 7.35. The Kier molecular flexibility index (Phi) is 7.07. The van der Waals surface area contributed by atoms with E-state index in [9.17, 15) is 14.4 Å². The van der Waals surface area contributed by atoms with Crippen molar-refractivity contribution in [3.05, 3.63) is 120 Å². The normalized spacial score (nSPS) is 17.0. The molecule has 0 bridgehead atoms. The van der Waals surface area contributed by atoms with E-state index in [1.807, 2.05) is 49.4 Å². The Morgan fingerprint density at radius 3 is 2.49 bits per heavy atom. The fourth-order valence-electron chi connectivity index (χ4n) is 5.08. The summed E-state index contributed by atoms with van der Waals surface area (Å²) in [6.07, 6.45) is 0. The van der Waals surface area contributed by atoms with Crippen molar-refractivity contribution in [3.8, 4) is 5.75 Å². The van der Waals surface area contributed by atoms with Crippen molar-refractivity contribution in [2.45, 2.75) is 19.9 Å². The van der Waals surface area contributed by atoms with Crippen molar-refractivity contribution in [3.63, 3.8) is 0 Å². The molecular weight excluding hydrogens is 562 g/mol. The average Bonchev–Trinajstić information content (AvgIpc) is 3.47. The van der Waals surface area contributed by atoms with Gasteiger partial charge in [0.05, 0.1) is 36.1 Å². The van der Waals surface area contributed by atoms with E-state index in [2.05, 4.69) is 5.32 Å².